The number of ether oxygens (including phenoxy) is 2. The van der Waals surface area contributed by atoms with E-state index in [2.05, 4.69) is 6.92 Å². The van der Waals surface area contributed by atoms with Crippen molar-refractivity contribution in [1.29, 1.82) is 0 Å². The second-order valence-corrected chi connectivity index (χ2v) is 8.53. The fourth-order valence-electron chi connectivity index (χ4n) is 4.77. The predicted molar refractivity (Wildman–Crippen MR) is 120 cm³/mol. The summed E-state index contributed by atoms with van der Waals surface area (Å²) < 4.78 is 16.5. The number of phenolic OH excluding ortho intramolecular Hbond substituents is 1. The number of hydrogen-bond acceptors (Lipinski definition) is 5. The number of phenols is 1. The number of rotatable bonds is 5. The van der Waals surface area contributed by atoms with Gasteiger partial charge in [-0.3, -0.25) is 0 Å². The minimum Gasteiger partial charge on any atom is -0.507 e. The van der Waals surface area contributed by atoms with Crippen LogP contribution >= 0.6 is 0 Å². The van der Waals surface area contributed by atoms with Crippen molar-refractivity contribution in [3.05, 3.63) is 51.9 Å². The number of quaternary nitrogens is 1. The molecular weight excluding hydrogens is 394 g/mol. The quantitative estimate of drug-likeness (QED) is 0.615. The van der Waals surface area contributed by atoms with Crippen LogP contribution in [0.3, 0.4) is 0 Å². The molecule has 4 rings (SSSR count). The van der Waals surface area contributed by atoms with Gasteiger partial charge in [0.25, 0.3) is 0 Å². The van der Waals surface area contributed by atoms with Gasteiger partial charge in [-0.2, -0.15) is 0 Å². The minimum atomic E-state index is -0.425. The van der Waals surface area contributed by atoms with E-state index >= 15 is 0 Å². The topological polar surface area (TPSA) is 73.3 Å². The first-order chi connectivity index (χ1) is 14.9. The molecule has 0 spiro atoms. The summed E-state index contributed by atoms with van der Waals surface area (Å²) in [6, 6.07) is 8.92. The average Bonchev–Trinajstić information content (AvgIpc) is 2.75. The lowest BCUT2D eigenvalue weighted by molar-refractivity contribution is -0.922. The Morgan fingerprint density at radius 3 is 2.65 bits per heavy atom. The third-order valence-corrected chi connectivity index (χ3v) is 6.38. The number of aromatic hydroxyl groups is 1. The number of fused-ring (bicyclic) bond motifs is 1. The van der Waals surface area contributed by atoms with Crippen molar-refractivity contribution in [1.82, 2.24) is 0 Å². The maximum atomic E-state index is 13.1. The Morgan fingerprint density at radius 2 is 1.94 bits per heavy atom. The van der Waals surface area contributed by atoms with Gasteiger partial charge in [0.1, 0.15) is 12.3 Å². The zero-order valence-electron chi connectivity index (χ0n) is 18.6. The van der Waals surface area contributed by atoms with Crippen molar-refractivity contribution < 1.29 is 23.9 Å². The van der Waals surface area contributed by atoms with Crippen LogP contribution in [0, 0.1) is 12.8 Å². The maximum absolute atomic E-state index is 13.1. The Labute approximate surface area is 182 Å². The van der Waals surface area contributed by atoms with Crippen LogP contribution in [-0.4, -0.2) is 32.4 Å². The fourth-order valence-corrected chi connectivity index (χ4v) is 4.77. The lowest BCUT2D eigenvalue weighted by Crippen LogP contribution is -3.12. The van der Waals surface area contributed by atoms with Gasteiger partial charge in [0.05, 0.1) is 38.4 Å². The van der Waals surface area contributed by atoms with Crippen LogP contribution in [0.1, 0.15) is 30.9 Å². The number of methoxy groups -OCH3 is 2. The van der Waals surface area contributed by atoms with Crippen LogP contribution in [0.15, 0.2) is 39.5 Å². The van der Waals surface area contributed by atoms with Crippen LogP contribution in [0.5, 0.6) is 17.2 Å². The van der Waals surface area contributed by atoms with E-state index in [0.717, 1.165) is 24.0 Å². The molecule has 2 heterocycles. The fraction of sp³-hybridized carbons (Fsp3) is 0.400. The lowest BCUT2D eigenvalue weighted by Gasteiger charge is -2.28. The highest BCUT2D eigenvalue weighted by molar-refractivity contribution is 5.90. The SMILES string of the molecule is COc1ccc(-c2c(C)c3ccc(O)c(C[NH+]4CCC[C@@H](C)C4)c3oc2=O)cc1OC. The number of aryl methyl sites for hydroxylation is 1. The monoisotopic (exact) mass is 424 g/mol. The Kier molecular flexibility index (Phi) is 5.92. The summed E-state index contributed by atoms with van der Waals surface area (Å²) in [5.74, 6) is 1.99. The van der Waals surface area contributed by atoms with Gasteiger partial charge < -0.3 is 23.9 Å². The van der Waals surface area contributed by atoms with Crippen LogP contribution in [0.25, 0.3) is 22.1 Å². The third kappa shape index (κ3) is 4.00. The molecule has 0 aliphatic carbocycles. The summed E-state index contributed by atoms with van der Waals surface area (Å²) in [6.07, 6.45) is 2.42. The summed E-state index contributed by atoms with van der Waals surface area (Å²) in [4.78, 5) is 14.5. The first-order valence-corrected chi connectivity index (χ1v) is 10.8. The largest absolute Gasteiger partial charge is 0.507 e. The van der Waals surface area contributed by atoms with Crippen molar-refractivity contribution in [3.8, 4) is 28.4 Å². The Morgan fingerprint density at radius 1 is 1.16 bits per heavy atom. The van der Waals surface area contributed by atoms with Gasteiger partial charge in [-0.25, -0.2) is 4.79 Å². The molecule has 1 saturated heterocycles. The van der Waals surface area contributed by atoms with Crippen molar-refractivity contribution in [2.45, 2.75) is 33.2 Å². The molecular formula is C25H30NO5+. The van der Waals surface area contributed by atoms with E-state index in [9.17, 15) is 9.90 Å². The van der Waals surface area contributed by atoms with E-state index in [0.29, 0.717) is 46.2 Å². The number of nitrogens with one attached hydrogen (secondary N) is 1. The third-order valence-electron chi connectivity index (χ3n) is 6.38. The summed E-state index contributed by atoms with van der Waals surface area (Å²) in [6.45, 7) is 6.95. The van der Waals surface area contributed by atoms with Crippen LogP contribution in [0.4, 0.5) is 0 Å². The van der Waals surface area contributed by atoms with Gasteiger partial charge in [0, 0.05) is 11.3 Å². The van der Waals surface area contributed by atoms with Gasteiger partial charge in [-0.15, -0.1) is 0 Å². The first kappa shape index (κ1) is 21.2. The van der Waals surface area contributed by atoms with Crippen LogP contribution in [-0.2, 0) is 6.54 Å². The predicted octanol–water partition coefficient (Wildman–Crippen LogP) is 3.31. The van der Waals surface area contributed by atoms with Gasteiger partial charge >= 0.3 is 5.63 Å². The zero-order chi connectivity index (χ0) is 22.1. The normalized spacial score (nSPS) is 18.8. The molecule has 2 aromatic carbocycles. The highest BCUT2D eigenvalue weighted by atomic mass is 16.5. The Balaban J connectivity index is 1.83. The first-order valence-electron chi connectivity index (χ1n) is 10.8. The molecule has 1 fully saturated rings. The van der Waals surface area contributed by atoms with E-state index in [1.165, 1.54) is 17.7 Å². The number of hydrogen-bond donors (Lipinski definition) is 2. The van der Waals surface area contributed by atoms with E-state index < -0.39 is 5.63 Å². The molecule has 0 radical (unpaired) electrons. The molecule has 6 nitrogen and oxygen atoms in total. The number of piperidine rings is 1. The van der Waals surface area contributed by atoms with Gasteiger partial charge in [-0.05, 0) is 55.2 Å². The molecule has 3 aromatic rings. The van der Waals surface area contributed by atoms with Crippen molar-refractivity contribution in [3.63, 3.8) is 0 Å². The maximum Gasteiger partial charge on any atom is 0.344 e. The second-order valence-electron chi connectivity index (χ2n) is 8.53. The molecule has 2 atom stereocenters. The highest BCUT2D eigenvalue weighted by Crippen LogP contribution is 2.35. The standard InChI is InChI=1S/C25H29NO5/c1-15-6-5-11-26(13-15)14-19-20(27)9-8-18-16(2)23(25(28)31-24(18)19)17-7-10-21(29-3)22(12-17)30-4/h7-10,12,15,27H,5-6,11,13-14H2,1-4H3/p+1/t15-/m1/s1. The summed E-state index contributed by atoms with van der Waals surface area (Å²) in [5, 5.41) is 11.4. The molecule has 31 heavy (non-hydrogen) atoms. The molecule has 1 aromatic heterocycles. The van der Waals surface area contributed by atoms with E-state index in [-0.39, 0.29) is 5.75 Å². The van der Waals surface area contributed by atoms with Crippen LogP contribution in [0.2, 0.25) is 0 Å². The molecule has 6 heteroatoms. The van der Waals surface area contributed by atoms with Crippen LogP contribution < -0.4 is 20.0 Å². The average molecular weight is 425 g/mol. The Bertz CT molecular complexity index is 1170. The molecule has 0 amide bonds. The molecule has 1 aliphatic heterocycles. The smallest absolute Gasteiger partial charge is 0.344 e. The van der Waals surface area contributed by atoms with E-state index in [1.807, 2.05) is 19.1 Å². The van der Waals surface area contributed by atoms with Crippen molar-refractivity contribution in [2.24, 2.45) is 5.92 Å². The van der Waals surface area contributed by atoms with E-state index in [1.54, 1.807) is 32.4 Å². The minimum absolute atomic E-state index is 0.180. The van der Waals surface area contributed by atoms with Crippen molar-refractivity contribution in [2.75, 3.05) is 27.3 Å². The molecule has 1 aliphatic rings. The van der Waals surface area contributed by atoms with Gasteiger partial charge in [0.2, 0.25) is 0 Å². The lowest BCUT2D eigenvalue weighted by atomic mass is 9.96. The van der Waals surface area contributed by atoms with E-state index in [4.69, 9.17) is 13.9 Å². The second kappa shape index (κ2) is 8.63. The molecule has 0 bridgehead atoms. The van der Waals surface area contributed by atoms with Gasteiger partial charge in [-0.1, -0.05) is 13.0 Å². The zero-order valence-corrected chi connectivity index (χ0v) is 18.6. The summed E-state index contributed by atoms with van der Waals surface area (Å²) in [5.41, 5.74) is 2.78. The summed E-state index contributed by atoms with van der Waals surface area (Å²) in [7, 11) is 3.14. The number of benzene rings is 2. The van der Waals surface area contributed by atoms with Gasteiger partial charge in [0.15, 0.2) is 17.1 Å². The van der Waals surface area contributed by atoms with Crippen molar-refractivity contribution >= 4 is 11.0 Å². The molecule has 1 unspecified atom stereocenters. The molecule has 164 valence electrons. The highest BCUT2D eigenvalue weighted by Gasteiger charge is 2.24. The Hall–Kier alpha value is -2.99. The number of likely N-dealkylation sites (tertiary alicyclic amines) is 1. The molecule has 2 N–H and O–H groups in total. The molecule has 0 saturated carbocycles. The summed E-state index contributed by atoms with van der Waals surface area (Å²) >= 11 is 0.